The second kappa shape index (κ2) is 5.90. The lowest BCUT2D eigenvalue weighted by Crippen LogP contribution is -2.26. The van der Waals surface area contributed by atoms with Crippen LogP contribution in [0.4, 0.5) is 0 Å². The average molecular weight is 288 g/mol. The molecule has 0 atom stereocenters. The van der Waals surface area contributed by atoms with Crippen LogP contribution in [0.15, 0.2) is 30.6 Å². The third-order valence-corrected chi connectivity index (χ3v) is 3.36. The monoisotopic (exact) mass is 288 g/mol. The third kappa shape index (κ3) is 3.64. The van der Waals surface area contributed by atoms with Crippen molar-refractivity contribution in [3.05, 3.63) is 36.2 Å². The zero-order valence-corrected chi connectivity index (χ0v) is 13.4. The quantitative estimate of drug-likeness (QED) is 0.916. The summed E-state index contributed by atoms with van der Waals surface area (Å²) in [4.78, 5) is 0. The molecule has 0 bridgehead atoms. The average Bonchev–Trinajstić information content (AvgIpc) is 2.83. The van der Waals surface area contributed by atoms with E-state index in [1.165, 1.54) is 5.56 Å². The van der Waals surface area contributed by atoms with E-state index in [1.807, 2.05) is 24.5 Å². The first-order valence-electron chi connectivity index (χ1n) is 7.24. The van der Waals surface area contributed by atoms with E-state index >= 15 is 0 Å². The van der Waals surface area contributed by atoms with Crippen molar-refractivity contribution < 1.29 is 9.84 Å². The molecule has 0 spiro atoms. The van der Waals surface area contributed by atoms with E-state index in [9.17, 15) is 5.11 Å². The number of methoxy groups -OCH3 is 1. The number of hydrogen-bond acceptors (Lipinski definition) is 3. The molecule has 0 saturated heterocycles. The predicted octanol–water partition coefficient (Wildman–Crippen LogP) is 3.45. The van der Waals surface area contributed by atoms with Crippen LogP contribution in [0.3, 0.4) is 0 Å². The van der Waals surface area contributed by atoms with E-state index in [0.717, 1.165) is 16.9 Å². The van der Waals surface area contributed by atoms with Crippen LogP contribution in [0.2, 0.25) is 0 Å². The first kappa shape index (κ1) is 15.6. The van der Waals surface area contributed by atoms with E-state index in [-0.39, 0.29) is 0 Å². The molecule has 2 aromatic rings. The van der Waals surface area contributed by atoms with Crippen molar-refractivity contribution in [2.24, 2.45) is 0 Å². The second-order valence-corrected chi connectivity index (χ2v) is 6.32. The highest BCUT2D eigenvalue weighted by Gasteiger charge is 2.17. The number of aromatic nitrogens is 2. The Morgan fingerprint density at radius 2 is 2.05 bits per heavy atom. The largest absolute Gasteiger partial charge is 0.496 e. The van der Waals surface area contributed by atoms with Crippen LogP contribution in [-0.2, 0) is 6.54 Å². The Balaban J connectivity index is 2.41. The Morgan fingerprint density at radius 1 is 1.33 bits per heavy atom. The van der Waals surface area contributed by atoms with Gasteiger partial charge in [0, 0.05) is 17.3 Å². The number of benzene rings is 1. The molecule has 4 nitrogen and oxygen atoms in total. The van der Waals surface area contributed by atoms with Gasteiger partial charge in [0.05, 0.1) is 25.5 Å². The summed E-state index contributed by atoms with van der Waals surface area (Å²) in [6.45, 7) is 8.31. The van der Waals surface area contributed by atoms with Gasteiger partial charge in [-0.25, -0.2) is 0 Å². The lowest BCUT2D eigenvalue weighted by Gasteiger charge is -2.17. The van der Waals surface area contributed by atoms with Gasteiger partial charge in [-0.05, 0) is 25.3 Å². The van der Waals surface area contributed by atoms with Crippen LogP contribution in [0.25, 0.3) is 11.1 Å². The van der Waals surface area contributed by atoms with E-state index in [0.29, 0.717) is 12.5 Å². The van der Waals surface area contributed by atoms with Gasteiger partial charge in [0.1, 0.15) is 5.75 Å². The highest BCUT2D eigenvalue weighted by atomic mass is 16.5. The van der Waals surface area contributed by atoms with E-state index in [4.69, 9.17) is 4.74 Å². The molecule has 0 saturated carbocycles. The normalized spacial score (nSPS) is 12.0. The van der Waals surface area contributed by atoms with Gasteiger partial charge in [-0.1, -0.05) is 32.0 Å². The maximum absolute atomic E-state index is 9.88. The van der Waals surface area contributed by atoms with E-state index < -0.39 is 5.60 Å². The molecule has 0 aliphatic rings. The first-order chi connectivity index (χ1) is 9.81. The maximum atomic E-state index is 9.88. The van der Waals surface area contributed by atoms with Crippen LogP contribution in [0.1, 0.15) is 39.2 Å². The molecule has 0 aliphatic heterocycles. The predicted molar refractivity (Wildman–Crippen MR) is 84.6 cm³/mol. The minimum atomic E-state index is -0.785. The number of aliphatic hydroxyl groups is 1. The Morgan fingerprint density at radius 3 is 2.62 bits per heavy atom. The van der Waals surface area contributed by atoms with Gasteiger partial charge >= 0.3 is 0 Å². The van der Waals surface area contributed by atoms with Gasteiger partial charge in [-0.3, -0.25) is 4.68 Å². The number of para-hydroxylation sites is 1. The van der Waals surface area contributed by atoms with Crippen molar-refractivity contribution in [2.45, 2.75) is 45.8 Å². The molecule has 2 rings (SSSR count). The van der Waals surface area contributed by atoms with Crippen LogP contribution >= 0.6 is 0 Å². The molecule has 1 aromatic carbocycles. The summed E-state index contributed by atoms with van der Waals surface area (Å²) in [6.07, 6.45) is 3.76. The number of hydrogen-bond donors (Lipinski definition) is 1. The molecule has 1 aromatic heterocycles. The van der Waals surface area contributed by atoms with Crippen molar-refractivity contribution in [1.29, 1.82) is 0 Å². The smallest absolute Gasteiger partial charge is 0.130 e. The topological polar surface area (TPSA) is 47.3 Å². The van der Waals surface area contributed by atoms with Crippen LogP contribution in [0.5, 0.6) is 5.75 Å². The summed E-state index contributed by atoms with van der Waals surface area (Å²) >= 11 is 0. The molecule has 0 unspecified atom stereocenters. The first-order valence-corrected chi connectivity index (χ1v) is 7.24. The highest BCUT2D eigenvalue weighted by Crippen LogP contribution is 2.36. The second-order valence-electron chi connectivity index (χ2n) is 6.32. The van der Waals surface area contributed by atoms with Crippen molar-refractivity contribution in [3.63, 3.8) is 0 Å². The standard InChI is InChI=1S/C17H24N2O2/c1-12(2)14-7-6-8-15(16(14)21-5)13-9-18-19(10-13)11-17(3,4)20/h6-10,12,20H,11H2,1-5H3. The molecule has 0 fully saturated rings. The van der Waals surface area contributed by atoms with Gasteiger partial charge in [-0.15, -0.1) is 0 Å². The molecular weight excluding hydrogens is 264 g/mol. The Bertz CT molecular complexity index is 609. The molecule has 0 amide bonds. The Kier molecular flexibility index (Phi) is 4.37. The number of ether oxygens (including phenoxy) is 1. The summed E-state index contributed by atoms with van der Waals surface area (Å²) in [5.74, 6) is 1.29. The Labute approximate surface area is 126 Å². The molecule has 21 heavy (non-hydrogen) atoms. The maximum Gasteiger partial charge on any atom is 0.130 e. The summed E-state index contributed by atoms with van der Waals surface area (Å²) in [6, 6.07) is 6.17. The fraction of sp³-hybridized carbons (Fsp3) is 0.471. The Hall–Kier alpha value is -1.81. The van der Waals surface area contributed by atoms with Crippen molar-refractivity contribution >= 4 is 0 Å². The SMILES string of the molecule is COc1c(-c2cnn(CC(C)(C)O)c2)cccc1C(C)C. The molecule has 1 N–H and O–H groups in total. The minimum absolute atomic E-state index is 0.395. The number of rotatable bonds is 5. The van der Waals surface area contributed by atoms with Crippen molar-refractivity contribution in [2.75, 3.05) is 7.11 Å². The van der Waals surface area contributed by atoms with Crippen LogP contribution in [-0.4, -0.2) is 27.6 Å². The van der Waals surface area contributed by atoms with Crippen molar-refractivity contribution in [3.8, 4) is 16.9 Å². The fourth-order valence-electron chi connectivity index (χ4n) is 2.45. The molecule has 0 aliphatic carbocycles. The molecule has 1 heterocycles. The van der Waals surface area contributed by atoms with E-state index in [1.54, 1.807) is 25.6 Å². The molecule has 114 valence electrons. The zero-order valence-electron chi connectivity index (χ0n) is 13.4. The minimum Gasteiger partial charge on any atom is -0.496 e. The lowest BCUT2D eigenvalue weighted by atomic mass is 9.97. The van der Waals surface area contributed by atoms with Gasteiger partial charge in [0.25, 0.3) is 0 Å². The van der Waals surface area contributed by atoms with Gasteiger partial charge < -0.3 is 9.84 Å². The fourth-order valence-corrected chi connectivity index (χ4v) is 2.45. The van der Waals surface area contributed by atoms with Crippen LogP contribution in [0, 0.1) is 0 Å². The van der Waals surface area contributed by atoms with E-state index in [2.05, 4.69) is 25.0 Å². The lowest BCUT2D eigenvalue weighted by molar-refractivity contribution is 0.0577. The van der Waals surface area contributed by atoms with Gasteiger partial charge in [0.2, 0.25) is 0 Å². The summed E-state index contributed by atoms with van der Waals surface area (Å²) < 4.78 is 7.38. The summed E-state index contributed by atoms with van der Waals surface area (Å²) in [5, 5.41) is 14.2. The van der Waals surface area contributed by atoms with Gasteiger partial charge in [0.15, 0.2) is 0 Å². The summed E-state index contributed by atoms with van der Waals surface area (Å²) in [5.41, 5.74) is 2.43. The number of nitrogens with zero attached hydrogens (tertiary/aromatic N) is 2. The molecule has 4 heteroatoms. The highest BCUT2D eigenvalue weighted by molar-refractivity contribution is 5.71. The third-order valence-electron chi connectivity index (χ3n) is 3.36. The molecular formula is C17H24N2O2. The van der Waals surface area contributed by atoms with Crippen LogP contribution < -0.4 is 4.74 Å². The van der Waals surface area contributed by atoms with Gasteiger partial charge in [-0.2, -0.15) is 5.10 Å². The summed E-state index contributed by atoms with van der Waals surface area (Å²) in [7, 11) is 1.70. The van der Waals surface area contributed by atoms with Crippen molar-refractivity contribution in [1.82, 2.24) is 9.78 Å². The zero-order chi connectivity index (χ0) is 15.6. The molecule has 0 radical (unpaired) electrons.